The first-order valence-electron chi connectivity index (χ1n) is 10.4. The summed E-state index contributed by atoms with van der Waals surface area (Å²) in [6.45, 7) is 1.91. The van der Waals surface area contributed by atoms with Gasteiger partial charge in [0.15, 0.2) is 0 Å². The molecule has 0 saturated heterocycles. The molecule has 0 fully saturated rings. The number of ether oxygens (including phenoxy) is 3. The van der Waals surface area contributed by atoms with Crippen LogP contribution in [0.4, 0.5) is 0 Å². The van der Waals surface area contributed by atoms with Gasteiger partial charge in [0, 0.05) is 23.6 Å². The lowest BCUT2D eigenvalue weighted by Crippen LogP contribution is -2.27. The van der Waals surface area contributed by atoms with E-state index in [-0.39, 0.29) is 4.90 Å². The van der Waals surface area contributed by atoms with E-state index >= 15 is 0 Å². The fourth-order valence-electron chi connectivity index (χ4n) is 3.90. The lowest BCUT2D eigenvalue weighted by atomic mass is 9.98. The SMILES string of the molecule is COc1ccc(C2=NN(S(=O)(=O)c3ccc(C)cc3)[C@H](c3ccccc3OC)C2)c(OC)c1. The van der Waals surface area contributed by atoms with Crippen molar-refractivity contribution in [1.29, 1.82) is 0 Å². The molecule has 8 heteroatoms. The second kappa shape index (κ2) is 9.15. The van der Waals surface area contributed by atoms with Gasteiger partial charge in [-0.25, -0.2) is 0 Å². The van der Waals surface area contributed by atoms with Gasteiger partial charge in [-0.3, -0.25) is 0 Å². The number of aryl methyl sites for hydroxylation is 1. The molecule has 0 aliphatic carbocycles. The Morgan fingerprint density at radius 1 is 0.879 bits per heavy atom. The Bertz CT molecular complexity index is 1290. The molecule has 3 aromatic rings. The highest BCUT2D eigenvalue weighted by molar-refractivity contribution is 7.89. The van der Waals surface area contributed by atoms with Gasteiger partial charge in [0.05, 0.1) is 38.0 Å². The zero-order valence-corrected chi connectivity index (χ0v) is 19.8. The Labute approximate surface area is 194 Å². The van der Waals surface area contributed by atoms with Crippen molar-refractivity contribution in [2.75, 3.05) is 21.3 Å². The third-order valence-electron chi connectivity index (χ3n) is 5.66. The minimum atomic E-state index is -3.93. The number of sulfonamides is 1. The second-order valence-corrected chi connectivity index (χ2v) is 9.46. The van der Waals surface area contributed by atoms with E-state index in [0.717, 1.165) is 11.1 Å². The predicted octanol–water partition coefficient (Wildman–Crippen LogP) is 4.56. The minimum absolute atomic E-state index is 0.180. The van der Waals surface area contributed by atoms with Crippen molar-refractivity contribution in [2.24, 2.45) is 5.10 Å². The fraction of sp³-hybridized carbons (Fsp3) is 0.240. The lowest BCUT2D eigenvalue weighted by Gasteiger charge is -2.24. The number of nitrogens with zero attached hydrogens (tertiary/aromatic N) is 2. The third-order valence-corrected chi connectivity index (χ3v) is 7.35. The van der Waals surface area contributed by atoms with Gasteiger partial charge in [-0.1, -0.05) is 35.9 Å². The number of benzene rings is 3. The third kappa shape index (κ3) is 4.26. The topological polar surface area (TPSA) is 77.4 Å². The fourth-order valence-corrected chi connectivity index (χ4v) is 5.33. The van der Waals surface area contributed by atoms with E-state index in [1.807, 2.05) is 37.3 Å². The maximum Gasteiger partial charge on any atom is 0.279 e. The maximum absolute atomic E-state index is 13.7. The molecular weight excluding hydrogens is 440 g/mol. The summed E-state index contributed by atoms with van der Waals surface area (Å²) in [6.07, 6.45) is 0.355. The molecule has 3 aromatic carbocycles. The van der Waals surface area contributed by atoms with Crippen molar-refractivity contribution in [1.82, 2.24) is 4.41 Å². The summed E-state index contributed by atoms with van der Waals surface area (Å²) in [6, 6.07) is 19.0. The van der Waals surface area contributed by atoms with Gasteiger partial charge in [-0.15, -0.1) is 0 Å². The highest BCUT2D eigenvalue weighted by Crippen LogP contribution is 2.42. The van der Waals surface area contributed by atoms with E-state index < -0.39 is 16.1 Å². The van der Waals surface area contributed by atoms with E-state index in [1.54, 1.807) is 57.7 Å². The van der Waals surface area contributed by atoms with Crippen LogP contribution in [0, 0.1) is 6.92 Å². The maximum atomic E-state index is 13.7. The molecule has 0 bridgehead atoms. The average Bonchev–Trinajstić information content (AvgIpc) is 3.30. The Balaban J connectivity index is 1.85. The molecule has 172 valence electrons. The summed E-state index contributed by atoms with van der Waals surface area (Å²) < 4.78 is 45.0. The van der Waals surface area contributed by atoms with Gasteiger partial charge in [0.25, 0.3) is 10.0 Å². The smallest absolute Gasteiger partial charge is 0.279 e. The summed E-state index contributed by atoms with van der Waals surface area (Å²) in [5, 5.41) is 4.61. The average molecular weight is 467 g/mol. The molecule has 1 atom stereocenters. The van der Waals surface area contributed by atoms with E-state index in [1.165, 1.54) is 4.41 Å². The first kappa shape index (κ1) is 22.7. The molecule has 0 unspecified atom stereocenters. The first-order chi connectivity index (χ1) is 15.9. The zero-order chi connectivity index (χ0) is 23.6. The van der Waals surface area contributed by atoms with Crippen molar-refractivity contribution < 1.29 is 22.6 Å². The second-order valence-electron chi connectivity index (χ2n) is 7.67. The van der Waals surface area contributed by atoms with Crippen molar-refractivity contribution in [2.45, 2.75) is 24.3 Å². The summed E-state index contributed by atoms with van der Waals surface area (Å²) in [5.41, 5.74) is 3.02. The normalized spacial score (nSPS) is 15.8. The lowest BCUT2D eigenvalue weighted by molar-refractivity contribution is 0.350. The summed E-state index contributed by atoms with van der Waals surface area (Å²) >= 11 is 0. The first-order valence-corrected chi connectivity index (χ1v) is 11.9. The number of methoxy groups -OCH3 is 3. The van der Waals surface area contributed by atoms with Crippen LogP contribution in [0.1, 0.15) is 29.2 Å². The number of para-hydroxylation sites is 1. The molecule has 1 aliphatic rings. The number of rotatable bonds is 7. The molecule has 4 rings (SSSR count). The van der Waals surface area contributed by atoms with Crippen molar-refractivity contribution in [3.8, 4) is 17.2 Å². The van der Waals surface area contributed by atoms with Crippen molar-refractivity contribution in [3.63, 3.8) is 0 Å². The highest BCUT2D eigenvalue weighted by atomic mass is 32.2. The van der Waals surface area contributed by atoms with Crippen LogP contribution in [0.25, 0.3) is 0 Å². The highest BCUT2D eigenvalue weighted by Gasteiger charge is 2.39. The molecule has 33 heavy (non-hydrogen) atoms. The predicted molar refractivity (Wildman–Crippen MR) is 127 cm³/mol. The number of hydrogen-bond acceptors (Lipinski definition) is 6. The standard InChI is InChI=1S/C25H26N2O5S/c1-17-9-12-19(13-10-17)33(28,29)27-23(21-7-5-6-8-24(21)31-3)16-22(26-27)20-14-11-18(30-2)15-25(20)32-4/h5-15,23H,16H2,1-4H3/t23-/m0/s1. The molecule has 0 aromatic heterocycles. The Kier molecular flexibility index (Phi) is 6.29. The number of hydrazone groups is 1. The number of hydrogen-bond donors (Lipinski definition) is 0. The van der Waals surface area contributed by atoms with E-state index in [0.29, 0.717) is 34.9 Å². The van der Waals surface area contributed by atoms with Crippen LogP contribution in [-0.4, -0.2) is 39.9 Å². The van der Waals surface area contributed by atoms with E-state index in [9.17, 15) is 8.42 Å². The minimum Gasteiger partial charge on any atom is -0.497 e. The van der Waals surface area contributed by atoms with Crippen molar-refractivity contribution in [3.05, 3.63) is 83.4 Å². The van der Waals surface area contributed by atoms with Crippen molar-refractivity contribution >= 4 is 15.7 Å². The van der Waals surface area contributed by atoms with Crippen LogP contribution < -0.4 is 14.2 Å². The quantitative estimate of drug-likeness (QED) is 0.510. The van der Waals surface area contributed by atoms with Gasteiger partial charge in [0.1, 0.15) is 17.2 Å². The van der Waals surface area contributed by atoms with Crippen LogP contribution >= 0.6 is 0 Å². The van der Waals surface area contributed by atoms with Crippen LogP contribution in [0.15, 0.2) is 76.7 Å². The molecule has 0 amide bonds. The van der Waals surface area contributed by atoms with E-state index in [4.69, 9.17) is 14.2 Å². The van der Waals surface area contributed by atoms with Gasteiger partial charge in [0.2, 0.25) is 0 Å². The van der Waals surface area contributed by atoms with Gasteiger partial charge in [-0.2, -0.15) is 17.9 Å². The van der Waals surface area contributed by atoms with Crippen LogP contribution in [0.2, 0.25) is 0 Å². The zero-order valence-electron chi connectivity index (χ0n) is 19.0. The largest absolute Gasteiger partial charge is 0.497 e. The van der Waals surface area contributed by atoms with Crippen LogP contribution in [-0.2, 0) is 10.0 Å². The summed E-state index contributed by atoms with van der Waals surface area (Å²) in [4.78, 5) is 0.180. The summed E-state index contributed by atoms with van der Waals surface area (Å²) in [5.74, 6) is 1.80. The van der Waals surface area contributed by atoms with Crippen LogP contribution in [0.5, 0.6) is 17.2 Å². The molecule has 1 heterocycles. The monoisotopic (exact) mass is 466 g/mol. The Morgan fingerprint density at radius 2 is 1.58 bits per heavy atom. The van der Waals surface area contributed by atoms with Crippen LogP contribution in [0.3, 0.4) is 0 Å². The molecule has 7 nitrogen and oxygen atoms in total. The Morgan fingerprint density at radius 3 is 2.24 bits per heavy atom. The molecule has 0 saturated carbocycles. The van der Waals surface area contributed by atoms with E-state index in [2.05, 4.69) is 5.10 Å². The van der Waals surface area contributed by atoms with Gasteiger partial charge < -0.3 is 14.2 Å². The molecule has 1 aliphatic heterocycles. The molecule has 0 spiro atoms. The summed E-state index contributed by atoms with van der Waals surface area (Å²) in [7, 11) is 0.784. The van der Waals surface area contributed by atoms with Gasteiger partial charge in [-0.05, 0) is 37.3 Å². The molecular formula is C25H26N2O5S. The molecule has 0 N–H and O–H groups in total. The Hall–Kier alpha value is -3.52. The molecule has 0 radical (unpaired) electrons. The van der Waals surface area contributed by atoms with Gasteiger partial charge >= 0.3 is 0 Å².